The molecule has 1 aliphatic heterocycles. The average molecular weight is 372 g/mol. The SMILES string of the molecule is CC(C)C[C@@H](NC(=O)c1nn(CC2CCOCC2)c2ccccc12)C(N)=O. The highest BCUT2D eigenvalue weighted by Crippen LogP contribution is 2.23. The maximum atomic E-state index is 12.8. The van der Waals surface area contributed by atoms with Gasteiger partial charge in [-0.05, 0) is 37.2 Å². The number of nitrogens with zero attached hydrogens (tertiary/aromatic N) is 2. The number of fused-ring (bicyclic) bond motifs is 1. The summed E-state index contributed by atoms with van der Waals surface area (Å²) in [6.45, 7) is 6.27. The van der Waals surface area contributed by atoms with Gasteiger partial charge in [0.15, 0.2) is 5.69 Å². The third-order valence-corrected chi connectivity index (χ3v) is 5.00. The van der Waals surface area contributed by atoms with Gasteiger partial charge in [0.25, 0.3) is 5.91 Å². The molecule has 0 aliphatic carbocycles. The number of hydrogen-bond donors (Lipinski definition) is 2. The number of para-hydroxylation sites is 1. The molecule has 0 bridgehead atoms. The zero-order chi connectivity index (χ0) is 19.4. The van der Waals surface area contributed by atoms with Crippen molar-refractivity contribution in [1.29, 1.82) is 0 Å². The second kappa shape index (κ2) is 8.52. The van der Waals surface area contributed by atoms with E-state index in [9.17, 15) is 9.59 Å². The smallest absolute Gasteiger partial charge is 0.273 e. The average Bonchev–Trinajstić information content (AvgIpc) is 3.00. The van der Waals surface area contributed by atoms with Gasteiger partial charge in [0, 0.05) is 25.1 Å². The van der Waals surface area contributed by atoms with Gasteiger partial charge >= 0.3 is 0 Å². The summed E-state index contributed by atoms with van der Waals surface area (Å²) >= 11 is 0. The van der Waals surface area contributed by atoms with Gasteiger partial charge < -0.3 is 15.8 Å². The number of benzene rings is 1. The minimum atomic E-state index is -0.697. The van der Waals surface area contributed by atoms with Crippen LogP contribution in [0.2, 0.25) is 0 Å². The molecule has 7 heteroatoms. The van der Waals surface area contributed by atoms with E-state index in [1.165, 1.54) is 0 Å². The van der Waals surface area contributed by atoms with Crippen LogP contribution in [0.15, 0.2) is 24.3 Å². The van der Waals surface area contributed by atoms with Crippen LogP contribution in [0.5, 0.6) is 0 Å². The summed E-state index contributed by atoms with van der Waals surface area (Å²) in [5.74, 6) is -0.160. The summed E-state index contributed by atoms with van der Waals surface area (Å²) in [5, 5.41) is 8.14. The number of amides is 2. The van der Waals surface area contributed by atoms with Crippen molar-refractivity contribution < 1.29 is 14.3 Å². The molecule has 2 amide bonds. The summed E-state index contributed by atoms with van der Waals surface area (Å²) < 4.78 is 7.33. The van der Waals surface area contributed by atoms with E-state index >= 15 is 0 Å². The second-order valence-corrected chi connectivity index (χ2v) is 7.66. The van der Waals surface area contributed by atoms with Crippen LogP contribution in [0.1, 0.15) is 43.6 Å². The van der Waals surface area contributed by atoms with Crippen LogP contribution in [-0.4, -0.2) is 40.9 Å². The highest BCUT2D eigenvalue weighted by atomic mass is 16.5. The van der Waals surface area contributed by atoms with Crippen LogP contribution in [0.3, 0.4) is 0 Å². The summed E-state index contributed by atoms with van der Waals surface area (Å²) in [6.07, 6.45) is 2.49. The number of primary amides is 1. The molecule has 27 heavy (non-hydrogen) atoms. The van der Waals surface area contributed by atoms with E-state index in [2.05, 4.69) is 10.4 Å². The summed E-state index contributed by atoms with van der Waals surface area (Å²) in [5.41, 5.74) is 6.73. The molecule has 7 nitrogen and oxygen atoms in total. The number of nitrogens with one attached hydrogen (secondary N) is 1. The minimum Gasteiger partial charge on any atom is -0.381 e. The Bertz CT molecular complexity index is 809. The maximum Gasteiger partial charge on any atom is 0.273 e. The highest BCUT2D eigenvalue weighted by Gasteiger charge is 2.24. The number of ether oxygens (including phenoxy) is 1. The molecular weight excluding hydrogens is 344 g/mol. The molecule has 1 fully saturated rings. The molecule has 1 atom stereocenters. The molecule has 0 radical (unpaired) electrons. The maximum absolute atomic E-state index is 12.8. The Labute approximate surface area is 159 Å². The third kappa shape index (κ3) is 4.66. The first-order chi connectivity index (χ1) is 13.0. The number of hydrogen-bond acceptors (Lipinski definition) is 4. The van der Waals surface area contributed by atoms with Crippen molar-refractivity contribution in [1.82, 2.24) is 15.1 Å². The quantitative estimate of drug-likeness (QED) is 0.777. The Morgan fingerprint density at radius 1 is 1.30 bits per heavy atom. The van der Waals surface area contributed by atoms with Gasteiger partial charge in [-0.1, -0.05) is 32.0 Å². The first kappa shape index (κ1) is 19.4. The zero-order valence-corrected chi connectivity index (χ0v) is 16.0. The van der Waals surface area contributed by atoms with E-state index in [4.69, 9.17) is 10.5 Å². The summed E-state index contributed by atoms with van der Waals surface area (Å²) in [6, 6.07) is 6.99. The van der Waals surface area contributed by atoms with Gasteiger partial charge in [0.05, 0.1) is 5.52 Å². The molecule has 1 aliphatic rings. The molecule has 2 heterocycles. The molecule has 0 saturated carbocycles. The lowest BCUT2D eigenvalue weighted by Gasteiger charge is -2.22. The van der Waals surface area contributed by atoms with Crippen molar-refractivity contribution in [3.63, 3.8) is 0 Å². The van der Waals surface area contributed by atoms with Gasteiger partial charge in [-0.3, -0.25) is 14.3 Å². The fraction of sp³-hybridized carbons (Fsp3) is 0.550. The Kier molecular flexibility index (Phi) is 6.11. The molecular formula is C20H28N4O3. The van der Waals surface area contributed by atoms with Gasteiger partial charge in [-0.2, -0.15) is 5.10 Å². The fourth-order valence-corrected chi connectivity index (χ4v) is 3.55. The predicted octanol–water partition coefficient (Wildman–Crippen LogP) is 2.09. The van der Waals surface area contributed by atoms with Gasteiger partial charge in [0.2, 0.25) is 5.91 Å². The monoisotopic (exact) mass is 372 g/mol. The van der Waals surface area contributed by atoms with Gasteiger partial charge in [-0.25, -0.2) is 0 Å². The van der Waals surface area contributed by atoms with E-state index in [-0.39, 0.29) is 11.8 Å². The van der Waals surface area contributed by atoms with Gasteiger partial charge in [-0.15, -0.1) is 0 Å². The molecule has 1 aromatic heterocycles. The van der Waals surface area contributed by atoms with E-state index in [0.29, 0.717) is 18.0 Å². The molecule has 3 N–H and O–H groups in total. The van der Waals surface area contributed by atoms with Gasteiger partial charge in [0.1, 0.15) is 6.04 Å². The van der Waals surface area contributed by atoms with Crippen molar-refractivity contribution in [2.24, 2.45) is 17.6 Å². The predicted molar refractivity (Wildman–Crippen MR) is 103 cm³/mol. The van der Waals surface area contributed by atoms with Crippen molar-refractivity contribution >= 4 is 22.7 Å². The second-order valence-electron chi connectivity index (χ2n) is 7.66. The van der Waals surface area contributed by atoms with Crippen LogP contribution in [0.25, 0.3) is 10.9 Å². The van der Waals surface area contributed by atoms with Crippen LogP contribution in [0.4, 0.5) is 0 Å². The number of carbonyl (C=O) groups is 2. The molecule has 3 rings (SSSR count). The largest absolute Gasteiger partial charge is 0.381 e. The number of nitrogens with two attached hydrogens (primary N) is 1. The highest BCUT2D eigenvalue weighted by molar-refractivity contribution is 6.06. The van der Waals surface area contributed by atoms with Crippen LogP contribution in [-0.2, 0) is 16.1 Å². The van der Waals surface area contributed by atoms with Crippen molar-refractivity contribution in [2.45, 2.75) is 45.7 Å². The molecule has 146 valence electrons. The van der Waals surface area contributed by atoms with E-state index in [1.54, 1.807) is 0 Å². The van der Waals surface area contributed by atoms with Crippen LogP contribution < -0.4 is 11.1 Å². The van der Waals surface area contributed by atoms with Crippen LogP contribution >= 0.6 is 0 Å². The minimum absolute atomic E-state index is 0.241. The first-order valence-corrected chi connectivity index (χ1v) is 9.59. The number of rotatable bonds is 7. The molecule has 0 spiro atoms. The zero-order valence-electron chi connectivity index (χ0n) is 16.0. The third-order valence-electron chi connectivity index (χ3n) is 5.00. The lowest BCUT2D eigenvalue weighted by atomic mass is 10.0. The van der Waals surface area contributed by atoms with E-state index in [0.717, 1.165) is 43.5 Å². The number of carbonyl (C=O) groups excluding carboxylic acids is 2. The molecule has 1 aromatic carbocycles. The molecule has 1 saturated heterocycles. The fourth-order valence-electron chi connectivity index (χ4n) is 3.55. The lowest BCUT2D eigenvalue weighted by Crippen LogP contribution is -2.45. The Balaban J connectivity index is 1.85. The van der Waals surface area contributed by atoms with Crippen molar-refractivity contribution in [3.8, 4) is 0 Å². The van der Waals surface area contributed by atoms with Crippen molar-refractivity contribution in [2.75, 3.05) is 13.2 Å². The lowest BCUT2D eigenvalue weighted by molar-refractivity contribution is -0.120. The Morgan fingerprint density at radius 3 is 2.67 bits per heavy atom. The standard InChI is InChI=1S/C20H28N4O3/c1-13(2)11-16(19(21)25)22-20(26)18-15-5-3-4-6-17(15)24(23-18)12-14-7-9-27-10-8-14/h3-6,13-14,16H,7-12H2,1-2H3,(H2,21,25)(H,22,26)/t16-/m1/s1. The molecule has 0 unspecified atom stereocenters. The summed E-state index contributed by atoms with van der Waals surface area (Å²) in [4.78, 5) is 24.5. The van der Waals surface area contributed by atoms with E-state index in [1.807, 2.05) is 42.8 Å². The van der Waals surface area contributed by atoms with Crippen molar-refractivity contribution in [3.05, 3.63) is 30.0 Å². The van der Waals surface area contributed by atoms with Crippen LogP contribution in [0, 0.1) is 11.8 Å². The summed E-state index contributed by atoms with van der Waals surface area (Å²) in [7, 11) is 0. The Hall–Kier alpha value is -2.41. The number of aromatic nitrogens is 2. The van der Waals surface area contributed by atoms with E-state index < -0.39 is 11.9 Å². The first-order valence-electron chi connectivity index (χ1n) is 9.59. The Morgan fingerprint density at radius 2 is 2.00 bits per heavy atom. The topological polar surface area (TPSA) is 99.2 Å². The molecule has 2 aromatic rings. The normalized spacial score (nSPS) is 16.6.